The first-order chi connectivity index (χ1) is 10.3. The van der Waals surface area contributed by atoms with Gasteiger partial charge in [0.1, 0.15) is 6.07 Å². The molecule has 2 N–H and O–H groups in total. The fourth-order valence-electron chi connectivity index (χ4n) is 1.86. The number of nitrogens with one attached hydrogen (secondary N) is 2. The molecule has 1 aromatic carbocycles. The lowest BCUT2D eigenvalue weighted by Crippen LogP contribution is -2.46. The lowest BCUT2D eigenvalue weighted by atomic mass is 10.2. The Bertz CT molecular complexity index is 578. The van der Waals surface area contributed by atoms with Crippen LogP contribution in [0.2, 0.25) is 0 Å². The Morgan fingerprint density at radius 1 is 1.27 bits per heavy atom. The predicted molar refractivity (Wildman–Crippen MR) is 85.2 cm³/mol. The standard InChI is InChI=1S/C16H22N4O2/c1-11(2)18-15(21)10-20(4)12(3)16(22)19-14-8-6-5-7-13(14)9-17/h5-8,11-12H,10H2,1-4H3,(H,18,21)(H,19,22). The van der Waals surface area contributed by atoms with Crippen LogP contribution in [0.1, 0.15) is 26.3 Å². The number of hydrogen-bond donors (Lipinski definition) is 2. The predicted octanol–water partition coefficient (Wildman–Crippen LogP) is 1.34. The molecule has 0 fully saturated rings. The average molecular weight is 302 g/mol. The van der Waals surface area contributed by atoms with Gasteiger partial charge in [0, 0.05) is 6.04 Å². The van der Waals surface area contributed by atoms with Gasteiger partial charge in [0.05, 0.1) is 23.8 Å². The number of carbonyl (C=O) groups is 2. The molecule has 0 aliphatic carbocycles. The maximum atomic E-state index is 12.2. The highest BCUT2D eigenvalue weighted by atomic mass is 16.2. The van der Waals surface area contributed by atoms with Gasteiger partial charge in [0.25, 0.3) is 0 Å². The maximum Gasteiger partial charge on any atom is 0.241 e. The van der Waals surface area contributed by atoms with Crippen LogP contribution in [-0.4, -0.2) is 42.4 Å². The molecule has 0 heterocycles. The third kappa shape index (κ3) is 5.19. The molecule has 0 bridgehead atoms. The lowest BCUT2D eigenvalue weighted by molar-refractivity contribution is -0.125. The Morgan fingerprint density at radius 2 is 1.91 bits per heavy atom. The zero-order valence-electron chi connectivity index (χ0n) is 13.4. The minimum Gasteiger partial charge on any atom is -0.353 e. The molecule has 1 atom stereocenters. The molecule has 1 aromatic rings. The summed E-state index contributed by atoms with van der Waals surface area (Å²) in [7, 11) is 1.71. The minimum atomic E-state index is -0.496. The van der Waals surface area contributed by atoms with E-state index in [2.05, 4.69) is 10.6 Å². The summed E-state index contributed by atoms with van der Waals surface area (Å²) in [5.74, 6) is -0.392. The highest BCUT2D eigenvalue weighted by Gasteiger charge is 2.21. The van der Waals surface area contributed by atoms with Gasteiger partial charge < -0.3 is 10.6 Å². The van der Waals surface area contributed by atoms with Crippen LogP contribution in [0, 0.1) is 11.3 Å². The van der Waals surface area contributed by atoms with Gasteiger partial charge in [-0.25, -0.2) is 0 Å². The van der Waals surface area contributed by atoms with Gasteiger partial charge in [-0.3, -0.25) is 14.5 Å². The van der Waals surface area contributed by atoms with E-state index in [1.807, 2.05) is 19.9 Å². The fourth-order valence-corrected chi connectivity index (χ4v) is 1.86. The van der Waals surface area contributed by atoms with Crippen LogP contribution in [0.15, 0.2) is 24.3 Å². The minimum absolute atomic E-state index is 0.0625. The highest BCUT2D eigenvalue weighted by molar-refractivity contribution is 5.96. The van der Waals surface area contributed by atoms with Gasteiger partial charge in [-0.15, -0.1) is 0 Å². The van der Waals surface area contributed by atoms with Crippen molar-refractivity contribution < 1.29 is 9.59 Å². The molecule has 1 rings (SSSR count). The van der Waals surface area contributed by atoms with Gasteiger partial charge >= 0.3 is 0 Å². The topological polar surface area (TPSA) is 85.2 Å². The summed E-state index contributed by atoms with van der Waals surface area (Å²) < 4.78 is 0. The Labute approximate surface area is 131 Å². The summed E-state index contributed by atoms with van der Waals surface area (Å²) in [5, 5.41) is 14.5. The van der Waals surface area contributed by atoms with E-state index in [-0.39, 0.29) is 24.4 Å². The number of nitriles is 1. The van der Waals surface area contributed by atoms with Crippen LogP contribution >= 0.6 is 0 Å². The molecule has 6 heteroatoms. The number of likely N-dealkylation sites (N-methyl/N-ethyl adjacent to an activating group) is 1. The molecule has 0 aliphatic rings. The molecule has 0 spiro atoms. The van der Waals surface area contributed by atoms with Crippen molar-refractivity contribution in [1.29, 1.82) is 5.26 Å². The van der Waals surface area contributed by atoms with E-state index in [4.69, 9.17) is 5.26 Å². The molecule has 0 saturated heterocycles. The summed E-state index contributed by atoms with van der Waals surface area (Å²) in [6.45, 7) is 5.61. The largest absolute Gasteiger partial charge is 0.353 e. The molecule has 0 radical (unpaired) electrons. The van der Waals surface area contributed by atoms with E-state index in [1.54, 1.807) is 43.1 Å². The van der Waals surface area contributed by atoms with E-state index < -0.39 is 6.04 Å². The molecule has 0 aromatic heterocycles. The molecule has 118 valence electrons. The Kier molecular flexibility index (Phi) is 6.54. The van der Waals surface area contributed by atoms with E-state index in [9.17, 15) is 9.59 Å². The van der Waals surface area contributed by atoms with Crippen LogP contribution in [-0.2, 0) is 9.59 Å². The van der Waals surface area contributed by atoms with Crippen molar-refractivity contribution in [3.05, 3.63) is 29.8 Å². The zero-order chi connectivity index (χ0) is 16.7. The van der Waals surface area contributed by atoms with Crippen molar-refractivity contribution in [3.8, 4) is 6.07 Å². The third-order valence-corrected chi connectivity index (χ3v) is 3.19. The highest BCUT2D eigenvalue weighted by Crippen LogP contribution is 2.14. The number of anilines is 1. The lowest BCUT2D eigenvalue weighted by Gasteiger charge is -2.24. The van der Waals surface area contributed by atoms with Crippen LogP contribution in [0.25, 0.3) is 0 Å². The van der Waals surface area contributed by atoms with E-state index in [0.29, 0.717) is 11.3 Å². The molecule has 2 amide bonds. The number of amides is 2. The second-order valence-corrected chi connectivity index (χ2v) is 5.46. The SMILES string of the molecule is CC(C)NC(=O)CN(C)C(C)C(=O)Nc1ccccc1C#N. The first-order valence-corrected chi connectivity index (χ1v) is 7.14. The number of para-hydroxylation sites is 1. The zero-order valence-corrected chi connectivity index (χ0v) is 13.4. The van der Waals surface area contributed by atoms with Crippen LogP contribution in [0.4, 0.5) is 5.69 Å². The van der Waals surface area contributed by atoms with Gasteiger partial charge in [-0.05, 0) is 40.0 Å². The van der Waals surface area contributed by atoms with Crippen molar-refractivity contribution in [2.24, 2.45) is 0 Å². The van der Waals surface area contributed by atoms with Crippen LogP contribution in [0.5, 0.6) is 0 Å². The van der Waals surface area contributed by atoms with Crippen molar-refractivity contribution in [2.75, 3.05) is 18.9 Å². The summed E-state index contributed by atoms with van der Waals surface area (Å²) >= 11 is 0. The third-order valence-electron chi connectivity index (χ3n) is 3.19. The van der Waals surface area contributed by atoms with E-state index in [0.717, 1.165) is 0 Å². The monoisotopic (exact) mass is 302 g/mol. The molecular weight excluding hydrogens is 280 g/mol. The van der Waals surface area contributed by atoms with Crippen molar-refractivity contribution in [1.82, 2.24) is 10.2 Å². The normalized spacial score (nSPS) is 11.9. The summed E-state index contributed by atoms with van der Waals surface area (Å²) in [6, 6.07) is 8.40. The first kappa shape index (κ1) is 17.7. The van der Waals surface area contributed by atoms with Gasteiger partial charge in [-0.2, -0.15) is 5.26 Å². The van der Waals surface area contributed by atoms with Gasteiger partial charge in [0.15, 0.2) is 0 Å². The summed E-state index contributed by atoms with van der Waals surface area (Å²) in [6.07, 6.45) is 0. The molecule has 22 heavy (non-hydrogen) atoms. The number of rotatable bonds is 6. The first-order valence-electron chi connectivity index (χ1n) is 7.14. The molecule has 0 saturated carbocycles. The van der Waals surface area contributed by atoms with Crippen molar-refractivity contribution in [3.63, 3.8) is 0 Å². The Hall–Kier alpha value is -2.39. The number of carbonyl (C=O) groups excluding carboxylic acids is 2. The van der Waals surface area contributed by atoms with Crippen LogP contribution < -0.4 is 10.6 Å². The van der Waals surface area contributed by atoms with Crippen LogP contribution in [0.3, 0.4) is 0 Å². The molecule has 0 aliphatic heterocycles. The number of hydrogen-bond acceptors (Lipinski definition) is 4. The second-order valence-electron chi connectivity index (χ2n) is 5.46. The van der Waals surface area contributed by atoms with Gasteiger partial charge in [0.2, 0.25) is 11.8 Å². The Morgan fingerprint density at radius 3 is 2.50 bits per heavy atom. The quantitative estimate of drug-likeness (QED) is 0.830. The van der Waals surface area contributed by atoms with Gasteiger partial charge in [-0.1, -0.05) is 12.1 Å². The smallest absolute Gasteiger partial charge is 0.241 e. The van der Waals surface area contributed by atoms with Crippen molar-refractivity contribution >= 4 is 17.5 Å². The second kappa shape index (κ2) is 8.15. The average Bonchev–Trinajstić information content (AvgIpc) is 2.45. The van der Waals surface area contributed by atoms with E-state index >= 15 is 0 Å². The summed E-state index contributed by atoms with van der Waals surface area (Å²) in [5.41, 5.74) is 0.880. The number of benzene rings is 1. The molecule has 1 unspecified atom stereocenters. The Balaban J connectivity index is 2.65. The van der Waals surface area contributed by atoms with Crippen molar-refractivity contribution in [2.45, 2.75) is 32.9 Å². The molecule has 6 nitrogen and oxygen atoms in total. The fraction of sp³-hybridized carbons (Fsp3) is 0.438. The molecular formula is C16H22N4O2. The summed E-state index contributed by atoms with van der Waals surface area (Å²) in [4.78, 5) is 25.6. The number of nitrogens with zero attached hydrogens (tertiary/aromatic N) is 2. The maximum absolute atomic E-state index is 12.2. The van der Waals surface area contributed by atoms with E-state index in [1.165, 1.54) is 0 Å².